The van der Waals surface area contributed by atoms with Gasteiger partial charge in [0.25, 0.3) is 0 Å². The van der Waals surface area contributed by atoms with Crippen molar-refractivity contribution in [1.29, 1.82) is 0 Å². The molecule has 2 heterocycles. The number of rotatable bonds is 4. The van der Waals surface area contributed by atoms with Gasteiger partial charge < -0.3 is 0 Å². The van der Waals surface area contributed by atoms with Gasteiger partial charge in [-0.15, -0.1) is 11.3 Å². The number of carbonyl (C=O) groups excluding carboxylic acids is 1. The average Bonchev–Trinajstić information content (AvgIpc) is 2.89. The van der Waals surface area contributed by atoms with Gasteiger partial charge in [-0.2, -0.15) is 0 Å². The highest BCUT2D eigenvalue weighted by atomic mass is 32.1. The van der Waals surface area contributed by atoms with E-state index in [4.69, 9.17) is 0 Å². The molecule has 1 saturated carbocycles. The summed E-state index contributed by atoms with van der Waals surface area (Å²) < 4.78 is 3.21. The van der Waals surface area contributed by atoms with Crippen molar-refractivity contribution in [3.05, 3.63) is 45.3 Å². The van der Waals surface area contributed by atoms with Gasteiger partial charge in [-0.1, -0.05) is 6.07 Å². The highest BCUT2D eigenvalue weighted by Crippen LogP contribution is 2.33. The van der Waals surface area contributed by atoms with Crippen LogP contribution in [0.1, 0.15) is 28.6 Å². The van der Waals surface area contributed by atoms with Gasteiger partial charge in [0, 0.05) is 18.4 Å². The van der Waals surface area contributed by atoms with Crippen molar-refractivity contribution in [1.82, 2.24) is 9.13 Å². The largest absolute Gasteiger partial charge is 0.328 e. The van der Waals surface area contributed by atoms with E-state index in [-0.39, 0.29) is 18.0 Å². The zero-order chi connectivity index (χ0) is 11.8. The van der Waals surface area contributed by atoms with Crippen LogP contribution in [-0.2, 0) is 6.54 Å². The van der Waals surface area contributed by atoms with Crippen molar-refractivity contribution in [3.63, 3.8) is 0 Å². The number of thiophene rings is 1. The molecule has 1 aliphatic rings. The van der Waals surface area contributed by atoms with Crippen molar-refractivity contribution in [2.45, 2.75) is 25.4 Å². The minimum absolute atomic E-state index is 0.00403. The van der Waals surface area contributed by atoms with Crippen molar-refractivity contribution in [2.75, 3.05) is 0 Å². The van der Waals surface area contributed by atoms with Crippen LogP contribution in [0.25, 0.3) is 0 Å². The molecular formula is C12H12N2O2S. The smallest absolute Gasteiger partial charge is 0.296 e. The average molecular weight is 248 g/mol. The summed E-state index contributed by atoms with van der Waals surface area (Å²) in [6, 6.07) is 3.99. The number of ketones is 1. The highest BCUT2D eigenvalue weighted by molar-refractivity contribution is 7.12. The molecule has 0 N–H and O–H groups in total. The van der Waals surface area contributed by atoms with Crippen LogP contribution in [0.15, 0.2) is 34.7 Å². The molecule has 0 amide bonds. The first kappa shape index (κ1) is 10.5. The van der Waals surface area contributed by atoms with E-state index in [0.717, 1.165) is 12.8 Å². The molecule has 5 heteroatoms. The van der Waals surface area contributed by atoms with Crippen molar-refractivity contribution < 1.29 is 4.79 Å². The highest BCUT2D eigenvalue weighted by Gasteiger charge is 2.25. The number of hydrogen-bond donors (Lipinski definition) is 0. The van der Waals surface area contributed by atoms with Crippen LogP contribution in [0.3, 0.4) is 0 Å². The summed E-state index contributed by atoms with van der Waals surface area (Å²) in [6.07, 6.45) is 5.62. The number of nitrogens with zero attached hydrogens (tertiary/aromatic N) is 2. The maximum Gasteiger partial charge on any atom is 0.328 e. The van der Waals surface area contributed by atoms with Crippen LogP contribution in [0, 0.1) is 0 Å². The van der Waals surface area contributed by atoms with Crippen molar-refractivity contribution in [2.24, 2.45) is 0 Å². The molecule has 0 aromatic carbocycles. The third-order valence-electron chi connectivity index (χ3n) is 2.92. The Bertz CT molecular complexity index is 590. The van der Waals surface area contributed by atoms with Crippen LogP contribution in [-0.4, -0.2) is 14.9 Å². The molecule has 17 heavy (non-hydrogen) atoms. The second kappa shape index (κ2) is 4.00. The summed E-state index contributed by atoms with van der Waals surface area (Å²) in [5.41, 5.74) is -0.0718. The van der Waals surface area contributed by atoms with E-state index in [1.54, 1.807) is 23.0 Å². The molecule has 0 saturated heterocycles. The fraction of sp³-hybridized carbons (Fsp3) is 0.333. The van der Waals surface area contributed by atoms with Gasteiger partial charge in [0.2, 0.25) is 0 Å². The Kier molecular flexibility index (Phi) is 2.48. The standard InChI is InChI=1S/C12H12N2O2S/c15-10(11-2-1-7-17-11)8-13-5-6-14(12(13)16)9-3-4-9/h1-2,5-7,9H,3-4,8H2. The second-order valence-electron chi connectivity index (χ2n) is 4.25. The van der Waals surface area contributed by atoms with Gasteiger partial charge in [-0.05, 0) is 24.3 Å². The van der Waals surface area contributed by atoms with Crippen LogP contribution < -0.4 is 5.69 Å². The lowest BCUT2D eigenvalue weighted by atomic mass is 10.3. The van der Waals surface area contributed by atoms with E-state index in [0.29, 0.717) is 10.9 Å². The van der Waals surface area contributed by atoms with Gasteiger partial charge in [0.1, 0.15) is 0 Å². The van der Waals surface area contributed by atoms with E-state index in [1.807, 2.05) is 11.4 Å². The van der Waals surface area contributed by atoms with Gasteiger partial charge in [-0.3, -0.25) is 13.9 Å². The summed E-state index contributed by atoms with van der Waals surface area (Å²) in [5, 5.41) is 1.87. The molecule has 2 aromatic rings. The van der Waals surface area contributed by atoms with Gasteiger partial charge in [-0.25, -0.2) is 4.79 Å². The van der Waals surface area contributed by atoms with Gasteiger partial charge >= 0.3 is 5.69 Å². The zero-order valence-corrected chi connectivity index (χ0v) is 10.0. The van der Waals surface area contributed by atoms with Gasteiger partial charge in [0.05, 0.1) is 11.4 Å². The Morgan fingerprint density at radius 1 is 1.41 bits per heavy atom. The molecule has 4 nitrogen and oxygen atoms in total. The van der Waals surface area contributed by atoms with Gasteiger partial charge in [0.15, 0.2) is 5.78 Å². The van der Waals surface area contributed by atoms with E-state index >= 15 is 0 Å². The first-order valence-corrected chi connectivity index (χ1v) is 6.47. The van der Waals surface area contributed by atoms with Crippen LogP contribution in [0.5, 0.6) is 0 Å². The molecule has 0 bridgehead atoms. The molecule has 0 radical (unpaired) electrons. The van der Waals surface area contributed by atoms with Crippen molar-refractivity contribution in [3.8, 4) is 0 Å². The monoisotopic (exact) mass is 248 g/mol. The maximum atomic E-state index is 11.9. The number of Topliss-reactive ketones (excluding diaryl/α,β-unsaturated/α-hetero) is 1. The first-order chi connectivity index (χ1) is 8.25. The lowest BCUT2D eigenvalue weighted by molar-refractivity contribution is 0.0974. The predicted molar refractivity (Wildman–Crippen MR) is 65.6 cm³/mol. The number of hydrogen-bond acceptors (Lipinski definition) is 3. The molecule has 3 rings (SSSR count). The summed E-state index contributed by atoms with van der Waals surface area (Å²) in [4.78, 5) is 24.5. The molecule has 0 unspecified atom stereocenters. The lowest BCUT2D eigenvalue weighted by Gasteiger charge is -1.99. The van der Waals surface area contributed by atoms with Crippen LogP contribution >= 0.6 is 11.3 Å². The van der Waals surface area contributed by atoms with Crippen LogP contribution in [0.2, 0.25) is 0 Å². The quantitative estimate of drug-likeness (QED) is 0.776. The Labute approximate surface area is 102 Å². The lowest BCUT2D eigenvalue weighted by Crippen LogP contribution is -2.26. The predicted octanol–water partition coefficient (Wildman–Crippen LogP) is 1.93. The molecule has 0 spiro atoms. The third-order valence-corrected chi connectivity index (χ3v) is 3.83. The Balaban J connectivity index is 1.81. The number of imidazole rings is 1. The third kappa shape index (κ3) is 1.98. The molecule has 0 aliphatic heterocycles. The van der Waals surface area contributed by atoms with E-state index in [9.17, 15) is 9.59 Å². The Hall–Kier alpha value is -1.62. The minimum atomic E-state index is -0.0718. The summed E-state index contributed by atoms with van der Waals surface area (Å²) in [7, 11) is 0. The Morgan fingerprint density at radius 3 is 2.88 bits per heavy atom. The van der Waals surface area contributed by atoms with Crippen molar-refractivity contribution >= 4 is 17.1 Å². The number of aromatic nitrogens is 2. The molecule has 0 atom stereocenters. The molecule has 1 fully saturated rings. The topological polar surface area (TPSA) is 44.0 Å². The minimum Gasteiger partial charge on any atom is -0.296 e. The molecule has 2 aromatic heterocycles. The molecule has 1 aliphatic carbocycles. The SMILES string of the molecule is O=C(Cn1ccn(C2CC2)c1=O)c1cccs1. The second-order valence-corrected chi connectivity index (χ2v) is 5.20. The van der Waals surface area contributed by atoms with Crippen LogP contribution in [0.4, 0.5) is 0 Å². The summed E-state index contributed by atoms with van der Waals surface area (Å²) >= 11 is 1.41. The number of carbonyl (C=O) groups is 1. The molecule has 88 valence electrons. The fourth-order valence-electron chi connectivity index (χ4n) is 1.85. The van der Waals surface area contributed by atoms with E-state index in [1.165, 1.54) is 15.9 Å². The first-order valence-electron chi connectivity index (χ1n) is 5.59. The fourth-order valence-corrected chi connectivity index (χ4v) is 2.51. The molecular weight excluding hydrogens is 236 g/mol. The zero-order valence-electron chi connectivity index (χ0n) is 9.20. The van der Waals surface area contributed by atoms with E-state index in [2.05, 4.69) is 0 Å². The Morgan fingerprint density at radius 2 is 2.24 bits per heavy atom. The van der Waals surface area contributed by atoms with E-state index < -0.39 is 0 Å². The normalized spacial score (nSPS) is 15.1. The maximum absolute atomic E-state index is 11.9. The summed E-state index contributed by atoms with van der Waals surface area (Å²) in [5.74, 6) is -0.00403. The summed E-state index contributed by atoms with van der Waals surface area (Å²) in [6.45, 7) is 0.138.